The van der Waals surface area contributed by atoms with Crippen LogP contribution in [0.2, 0.25) is 0 Å². The zero-order valence-electron chi connectivity index (χ0n) is 7.00. The SMILES string of the molecule is CC1CNC2=C1CC(=O)C=C2.[N]. The largest absolute Gasteiger partial charge is 0.384 e. The molecule has 3 radical (unpaired) electrons. The Balaban J connectivity index is 0.000000720. The van der Waals surface area contributed by atoms with Crippen molar-refractivity contribution >= 4 is 5.78 Å². The van der Waals surface area contributed by atoms with E-state index >= 15 is 0 Å². The van der Waals surface area contributed by atoms with Crippen LogP contribution in [0.25, 0.3) is 0 Å². The molecule has 3 nitrogen and oxygen atoms in total. The normalized spacial score (nSPS) is 26.4. The molecule has 1 atom stereocenters. The molecule has 0 amide bonds. The molecule has 2 rings (SSSR count). The average Bonchev–Trinajstić information content (AvgIpc) is 2.33. The van der Waals surface area contributed by atoms with Crippen molar-refractivity contribution in [1.29, 1.82) is 0 Å². The zero-order valence-corrected chi connectivity index (χ0v) is 7.00. The van der Waals surface area contributed by atoms with E-state index in [1.54, 1.807) is 6.08 Å². The number of hydrogen-bond donors (Lipinski definition) is 1. The Labute approximate surface area is 72.1 Å². The summed E-state index contributed by atoms with van der Waals surface area (Å²) in [5.74, 6) is 0.776. The van der Waals surface area contributed by atoms with Gasteiger partial charge in [-0.3, -0.25) is 4.79 Å². The van der Waals surface area contributed by atoms with Crippen LogP contribution < -0.4 is 11.5 Å². The van der Waals surface area contributed by atoms with Gasteiger partial charge in [0.1, 0.15) is 0 Å². The third-order valence-corrected chi connectivity index (χ3v) is 2.34. The molecule has 0 aromatic carbocycles. The maximum Gasteiger partial charge on any atom is 0.159 e. The molecule has 63 valence electrons. The highest BCUT2D eigenvalue weighted by Gasteiger charge is 2.23. The monoisotopic (exact) mass is 163 g/mol. The lowest BCUT2D eigenvalue weighted by Crippen LogP contribution is -2.08. The molecule has 0 aromatic rings. The number of ketones is 1. The fourth-order valence-corrected chi connectivity index (χ4v) is 1.62. The summed E-state index contributed by atoms with van der Waals surface area (Å²) in [6.45, 7) is 3.14. The summed E-state index contributed by atoms with van der Waals surface area (Å²) < 4.78 is 0. The number of rotatable bonds is 0. The Hall–Kier alpha value is -1.09. The highest BCUT2D eigenvalue weighted by Crippen LogP contribution is 2.26. The van der Waals surface area contributed by atoms with Crippen LogP contribution >= 0.6 is 0 Å². The van der Waals surface area contributed by atoms with Gasteiger partial charge in [0.05, 0.1) is 0 Å². The quantitative estimate of drug-likeness (QED) is 0.566. The lowest BCUT2D eigenvalue weighted by molar-refractivity contribution is -0.114. The van der Waals surface area contributed by atoms with E-state index < -0.39 is 0 Å². The van der Waals surface area contributed by atoms with Gasteiger partial charge in [-0.15, -0.1) is 0 Å². The summed E-state index contributed by atoms with van der Waals surface area (Å²) in [5, 5.41) is 3.27. The van der Waals surface area contributed by atoms with Crippen LogP contribution in [-0.2, 0) is 4.79 Å². The smallest absolute Gasteiger partial charge is 0.159 e. The van der Waals surface area contributed by atoms with E-state index in [-0.39, 0.29) is 11.9 Å². The third kappa shape index (κ3) is 1.28. The van der Waals surface area contributed by atoms with Crippen molar-refractivity contribution in [3.63, 3.8) is 0 Å². The fraction of sp³-hybridized carbons (Fsp3) is 0.444. The minimum atomic E-state index is 0. The summed E-state index contributed by atoms with van der Waals surface area (Å²) in [4.78, 5) is 11.0. The van der Waals surface area contributed by atoms with Gasteiger partial charge in [-0.25, -0.2) is 0 Å². The average molecular weight is 163 g/mol. The van der Waals surface area contributed by atoms with Gasteiger partial charge in [0, 0.05) is 24.8 Å². The molecule has 12 heavy (non-hydrogen) atoms. The highest BCUT2D eigenvalue weighted by molar-refractivity contribution is 5.93. The Morgan fingerprint density at radius 2 is 2.25 bits per heavy atom. The molecule has 3 heteroatoms. The second-order valence-corrected chi connectivity index (χ2v) is 3.20. The second-order valence-electron chi connectivity index (χ2n) is 3.20. The summed E-state index contributed by atoms with van der Waals surface area (Å²) in [5.41, 5.74) is 2.47. The van der Waals surface area contributed by atoms with Gasteiger partial charge in [0.2, 0.25) is 0 Å². The van der Waals surface area contributed by atoms with Gasteiger partial charge in [-0.1, -0.05) is 6.92 Å². The number of carbonyl (C=O) groups excluding carboxylic acids is 1. The summed E-state index contributed by atoms with van der Waals surface area (Å²) in [6.07, 6.45) is 4.18. The van der Waals surface area contributed by atoms with E-state index in [1.165, 1.54) is 11.3 Å². The van der Waals surface area contributed by atoms with Gasteiger partial charge in [0.15, 0.2) is 5.78 Å². The van der Waals surface area contributed by atoms with Crippen molar-refractivity contribution in [2.45, 2.75) is 13.3 Å². The van der Waals surface area contributed by atoms with Crippen molar-refractivity contribution in [3.8, 4) is 0 Å². The van der Waals surface area contributed by atoms with E-state index in [0.717, 1.165) is 6.54 Å². The van der Waals surface area contributed by atoms with Crippen LogP contribution in [0.3, 0.4) is 0 Å². The lowest BCUT2D eigenvalue weighted by atomic mass is 9.94. The van der Waals surface area contributed by atoms with Crippen molar-refractivity contribution in [1.82, 2.24) is 11.5 Å². The predicted octanol–water partition coefficient (Wildman–Crippen LogP) is 0.528. The minimum absolute atomic E-state index is 0. The van der Waals surface area contributed by atoms with Gasteiger partial charge >= 0.3 is 0 Å². The van der Waals surface area contributed by atoms with Gasteiger partial charge in [-0.05, 0) is 23.6 Å². The second kappa shape index (κ2) is 3.11. The molecule has 1 unspecified atom stereocenters. The molecule has 0 fully saturated rings. The molecule has 1 aliphatic carbocycles. The van der Waals surface area contributed by atoms with Gasteiger partial charge in [-0.2, -0.15) is 0 Å². The molecule has 0 bridgehead atoms. The van der Waals surface area contributed by atoms with Crippen LogP contribution in [0.15, 0.2) is 23.4 Å². The van der Waals surface area contributed by atoms with Crippen LogP contribution in [0.5, 0.6) is 0 Å². The molecule has 0 aromatic heterocycles. The van der Waals surface area contributed by atoms with Crippen molar-refractivity contribution in [2.24, 2.45) is 5.92 Å². The highest BCUT2D eigenvalue weighted by atomic mass is 16.1. The molecular formula is C9H11N2O. The Morgan fingerprint density at radius 3 is 3.00 bits per heavy atom. The molecule has 0 saturated carbocycles. The van der Waals surface area contributed by atoms with E-state index in [0.29, 0.717) is 12.3 Å². The first-order chi connectivity index (χ1) is 5.27. The summed E-state index contributed by atoms with van der Waals surface area (Å²) in [7, 11) is 0. The van der Waals surface area contributed by atoms with Crippen LogP contribution in [-0.4, -0.2) is 12.3 Å². The van der Waals surface area contributed by atoms with Crippen molar-refractivity contribution in [3.05, 3.63) is 23.4 Å². The maximum atomic E-state index is 11.0. The Bertz CT molecular complexity index is 266. The number of nitrogens with zero attached hydrogens (tertiary/aromatic N) is 1. The van der Waals surface area contributed by atoms with Crippen molar-refractivity contribution in [2.75, 3.05) is 6.54 Å². The molecule has 0 saturated heterocycles. The van der Waals surface area contributed by atoms with Gasteiger partial charge < -0.3 is 5.32 Å². The van der Waals surface area contributed by atoms with E-state index in [4.69, 9.17) is 0 Å². The van der Waals surface area contributed by atoms with E-state index in [2.05, 4.69) is 12.2 Å². The van der Waals surface area contributed by atoms with E-state index in [9.17, 15) is 4.79 Å². The number of carbonyl (C=O) groups is 1. The topological polar surface area (TPSA) is 59.6 Å². The summed E-state index contributed by atoms with van der Waals surface area (Å²) in [6, 6.07) is 0. The molecule has 1 aliphatic heterocycles. The minimum Gasteiger partial charge on any atom is -0.384 e. The predicted molar refractivity (Wildman–Crippen MR) is 45.1 cm³/mol. The molecule has 2 aliphatic rings. The van der Waals surface area contributed by atoms with Crippen LogP contribution in [0, 0.1) is 5.92 Å². The molecule has 1 N–H and O–H groups in total. The van der Waals surface area contributed by atoms with E-state index in [1.807, 2.05) is 6.08 Å². The number of hydrogen-bond acceptors (Lipinski definition) is 2. The number of nitrogens with one attached hydrogen (secondary N) is 1. The van der Waals surface area contributed by atoms with Gasteiger partial charge in [0.25, 0.3) is 0 Å². The molecule has 1 heterocycles. The zero-order chi connectivity index (χ0) is 7.84. The number of allylic oxidation sites excluding steroid dienone is 2. The standard InChI is InChI=1S/C9H11NO.N/c1-6-5-10-9-3-2-7(11)4-8(6)9;/h2-3,6,10H,4-5H2,1H3;. The van der Waals surface area contributed by atoms with Crippen LogP contribution in [0.4, 0.5) is 0 Å². The van der Waals surface area contributed by atoms with Crippen LogP contribution in [0.1, 0.15) is 13.3 Å². The first kappa shape index (κ1) is 9.00. The molecular weight excluding hydrogens is 152 g/mol. The Kier molecular flexibility index (Phi) is 2.33. The fourth-order valence-electron chi connectivity index (χ4n) is 1.62. The first-order valence-electron chi connectivity index (χ1n) is 3.95. The van der Waals surface area contributed by atoms with Crippen molar-refractivity contribution < 1.29 is 4.79 Å². The lowest BCUT2D eigenvalue weighted by Gasteiger charge is -2.08. The first-order valence-corrected chi connectivity index (χ1v) is 3.95. The summed E-state index contributed by atoms with van der Waals surface area (Å²) >= 11 is 0. The Morgan fingerprint density at radius 1 is 1.50 bits per heavy atom. The maximum absolute atomic E-state index is 11.0. The third-order valence-electron chi connectivity index (χ3n) is 2.34. The molecule has 0 spiro atoms.